The fraction of sp³-hybridized carbons (Fsp3) is 0.500. The second kappa shape index (κ2) is 9.43. The van der Waals surface area contributed by atoms with Gasteiger partial charge in [0.2, 0.25) is 15.8 Å². The Bertz CT molecular complexity index is 1110. The van der Waals surface area contributed by atoms with Gasteiger partial charge >= 0.3 is 0 Å². The van der Waals surface area contributed by atoms with Gasteiger partial charge in [-0.2, -0.15) is 4.31 Å². The summed E-state index contributed by atoms with van der Waals surface area (Å²) < 4.78 is 58.7. The van der Waals surface area contributed by atoms with Gasteiger partial charge in [0.15, 0.2) is 0 Å². The largest absolute Gasteiger partial charge is 0.497 e. The molecule has 184 valence electrons. The second-order valence-electron chi connectivity index (χ2n) is 8.81. The molecule has 0 radical (unpaired) electrons. The zero-order chi connectivity index (χ0) is 23.8. The maximum absolute atomic E-state index is 13.4. The third-order valence-corrected chi connectivity index (χ3v) is 8.70. The molecule has 3 aliphatic heterocycles. The summed E-state index contributed by atoms with van der Waals surface area (Å²) in [7, 11) is -2.11. The van der Waals surface area contributed by atoms with E-state index in [2.05, 4.69) is 9.80 Å². The Morgan fingerprint density at radius 2 is 1.71 bits per heavy atom. The molecule has 1 spiro atoms. The number of rotatable bonds is 6. The van der Waals surface area contributed by atoms with Crippen LogP contribution in [0.1, 0.15) is 12.0 Å². The quantitative estimate of drug-likeness (QED) is 0.614. The highest BCUT2D eigenvalue weighted by Gasteiger charge is 2.50. The molecule has 34 heavy (non-hydrogen) atoms. The number of methoxy groups -OCH3 is 1. The molecule has 0 amide bonds. The van der Waals surface area contributed by atoms with Crippen LogP contribution in [0.2, 0.25) is 0 Å². The van der Waals surface area contributed by atoms with Crippen molar-refractivity contribution in [3.63, 3.8) is 0 Å². The summed E-state index contributed by atoms with van der Waals surface area (Å²) in [5, 5.41) is 0. The summed E-state index contributed by atoms with van der Waals surface area (Å²) in [5.41, 5.74) is 1.54. The number of piperazine rings is 1. The highest BCUT2D eigenvalue weighted by Crippen LogP contribution is 2.43. The first-order chi connectivity index (χ1) is 16.4. The van der Waals surface area contributed by atoms with E-state index in [0.717, 1.165) is 38.4 Å². The first kappa shape index (κ1) is 23.5. The highest BCUT2D eigenvalue weighted by molar-refractivity contribution is 7.89. The smallest absolute Gasteiger partial charge is 0.243 e. The minimum atomic E-state index is -3.66. The van der Waals surface area contributed by atoms with E-state index in [-0.39, 0.29) is 17.3 Å². The Hall–Kier alpha value is -2.24. The number of benzene rings is 2. The van der Waals surface area contributed by atoms with Crippen molar-refractivity contribution in [2.45, 2.75) is 17.1 Å². The Morgan fingerprint density at radius 1 is 1.00 bits per heavy atom. The zero-order valence-corrected chi connectivity index (χ0v) is 20.1. The molecule has 2 aromatic carbocycles. The lowest BCUT2D eigenvalue weighted by Crippen LogP contribution is -2.51. The number of anilines is 1. The number of sulfonamides is 1. The van der Waals surface area contributed by atoms with Crippen LogP contribution in [0.15, 0.2) is 47.4 Å². The molecule has 8 nitrogen and oxygen atoms in total. The first-order valence-corrected chi connectivity index (χ1v) is 13.0. The molecular weight excluding hydrogens is 461 g/mol. The van der Waals surface area contributed by atoms with Gasteiger partial charge in [0, 0.05) is 44.0 Å². The van der Waals surface area contributed by atoms with Crippen molar-refractivity contribution in [2.24, 2.45) is 0 Å². The van der Waals surface area contributed by atoms with E-state index in [1.807, 2.05) is 12.1 Å². The molecular formula is C24H30FN3O5S. The lowest BCUT2D eigenvalue weighted by molar-refractivity contribution is -0.176. The Balaban J connectivity index is 1.22. The summed E-state index contributed by atoms with van der Waals surface area (Å²) in [4.78, 5) is 4.80. The summed E-state index contributed by atoms with van der Waals surface area (Å²) in [6.45, 7) is 5.63. The van der Waals surface area contributed by atoms with E-state index in [1.54, 1.807) is 25.3 Å². The summed E-state index contributed by atoms with van der Waals surface area (Å²) >= 11 is 0. The zero-order valence-electron chi connectivity index (χ0n) is 19.3. The fourth-order valence-corrected chi connectivity index (χ4v) is 6.67. The minimum absolute atomic E-state index is 0.133. The van der Waals surface area contributed by atoms with Crippen molar-refractivity contribution in [3.8, 4) is 5.75 Å². The van der Waals surface area contributed by atoms with Crippen molar-refractivity contribution in [3.05, 3.63) is 53.8 Å². The van der Waals surface area contributed by atoms with Gasteiger partial charge in [0.25, 0.3) is 0 Å². The van der Waals surface area contributed by atoms with Gasteiger partial charge in [-0.15, -0.1) is 0 Å². The van der Waals surface area contributed by atoms with Crippen molar-refractivity contribution in [2.75, 3.05) is 71.0 Å². The predicted octanol–water partition coefficient (Wildman–Crippen LogP) is 2.25. The molecule has 0 saturated carbocycles. The minimum Gasteiger partial charge on any atom is -0.497 e. The lowest BCUT2D eigenvalue weighted by Gasteiger charge is -2.40. The third-order valence-electron chi connectivity index (χ3n) is 6.80. The van der Waals surface area contributed by atoms with E-state index in [9.17, 15) is 12.8 Å². The van der Waals surface area contributed by atoms with Crippen LogP contribution in [0.3, 0.4) is 0 Å². The SMILES string of the molecule is COc1ccc2c(c1)C1(CN(CCCN3CCN(c4ccc(F)cc4)CC3)S2(=O)=O)OCCO1. The predicted molar refractivity (Wildman–Crippen MR) is 125 cm³/mol. The average Bonchev–Trinajstić information content (AvgIpc) is 3.33. The molecule has 0 aliphatic carbocycles. The van der Waals surface area contributed by atoms with E-state index >= 15 is 0 Å². The Morgan fingerprint density at radius 3 is 2.38 bits per heavy atom. The number of ether oxygens (including phenoxy) is 3. The molecule has 0 atom stereocenters. The molecule has 5 rings (SSSR count). The topological polar surface area (TPSA) is 71.6 Å². The van der Waals surface area contributed by atoms with Crippen molar-refractivity contribution in [1.82, 2.24) is 9.21 Å². The van der Waals surface area contributed by atoms with Crippen molar-refractivity contribution in [1.29, 1.82) is 0 Å². The fourth-order valence-electron chi connectivity index (χ4n) is 4.95. The molecule has 0 aromatic heterocycles. The van der Waals surface area contributed by atoms with E-state index in [1.165, 1.54) is 16.4 Å². The highest BCUT2D eigenvalue weighted by atomic mass is 32.2. The van der Waals surface area contributed by atoms with Crippen molar-refractivity contribution < 1.29 is 27.0 Å². The van der Waals surface area contributed by atoms with Crippen molar-refractivity contribution >= 4 is 15.7 Å². The Labute approximate surface area is 199 Å². The number of nitrogens with zero attached hydrogens (tertiary/aromatic N) is 3. The van der Waals surface area contributed by atoms with Gasteiger partial charge in [0.1, 0.15) is 11.6 Å². The molecule has 10 heteroatoms. The average molecular weight is 492 g/mol. The summed E-state index contributed by atoms with van der Waals surface area (Å²) in [6, 6.07) is 11.5. The van der Waals surface area contributed by atoms with Crippen LogP contribution in [0, 0.1) is 5.82 Å². The maximum atomic E-state index is 13.4. The monoisotopic (exact) mass is 491 g/mol. The molecule has 0 N–H and O–H groups in total. The van der Waals surface area contributed by atoms with Crippen LogP contribution in [0.4, 0.5) is 10.1 Å². The summed E-state index contributed by atoms with van der Waals surface area (Å²) in [6.07, 6.45) is 0.706. The van der Waals surface area contributed by atoms with Crippen LogP contribution in [-0.4, -0.2) is 83.8 Å². The van der Waals surface area contributed by atoms with Crippen LogP contribution >= 0.6 is 0 Å². The molecule has 2 aromatic rings. The third kappa shape index (κ3) is 4.40. The Kier molecular flexibility index (Phi) is 6.51. The van der Waals surface area contributed by atoms with Crippen LogP contribution in [-0.2, 0) is 25.3 Å². The van der Waals surface area contributed by atoms with Crippen LogP contribution < -0.4 is 9.64 Å². The molecule has 2 saturated heterocycles. The molecule has 3 heterocycles. The van der Waals surface area contributed by atoms with Gasteiger partial charge in [-0.25, -0.2) is 12.8 Å². The second-order valence-corrected chi connectivity index (χ2v) is 10.7. The molecule has 2 fully saturated rings. The van der Waals surface area contributed by atoms with Gasteiger partial charge in [-0.05, 0) is 55.4 Å². The van der Waals surface area contributed by atoms with Crippen LogP contribution in [0.5, 0.6) is 5.75 Å². The van der Waals surface area contributed by atoms with E-state index < -0.39 is 15.8 Å². The van der Waals surface area contributed by atoms with Gasteiger partial charge < -0.3 is 19.1 Å². The van der Waals surface area contributed by atoms with Gasteiger partial charge in [-0.3, -0.25) is 4.90 Å². The number of hydrogen-bond donors (Lipinski definition) is 0. The molecule has 0 bridgehead atoms. The number of hydrogen-bond acceptors (Lipinski definition) is 7. The molecule has 3 aliphatic rings. The van der Waals surface area contributed by atoms with Crippen LogP contribution in [0.25, 0.3) is 0 Å². The van der Waals surface area contributed by atoms with Gasteiger partial charge in [-0.1, -0.05) is 0 Å². The van der Waals surface area contributed by atoms with E-state index in [4.69, 9.17) is 14.2 Å². The van der Waals surface area contributed by atoms with E-state index in [0.29, 0.717) is 37.5 Å². The number of fused-ring (bicyclic) bond motifs is 2. The maximum Gasteiger partial charge on any atom is 0.243 e. The lowest BCUT2D eigenvalue weighted by atomic mass is 10.0. The normalized spacial score (nSPS) is 22.1. The number of halogens is 1. The van der Waals surface area contributed by atoms with Gasteiger partial charge in [0.05, 0.1) is 31.8 Å². The standard InChI is InChI=1S/C24H30FN3O5S/c1-31-21-7-8-23-22(17-21)24(32-15-16-33-24)18-28(34(23,29)30)10-2-9-26-11-13-27(14-12-26)20-5-3-19(25)4-6-20/h3-8,17H,2,9-16,18H2,1H3. The molecule has 0 unspecified atom stereocenters. The summed E-state index contributed by atoms with van der Waals surface area (Å²) in [5.74, 6) is -0.747. The first-order valence-electron chi connectivity index (χ1n) is 11.6.